The summed E-state index contributed by atoms with van der Waals surface area (Å²) in [4.78, 5) is 40.3. The molecule has 1 rings (SSSR count). The third-order valence-corrected chi connectivity index (χ3v) is 5.55. The van der Waals surface area contributed by atoms with E-state index < -0.39 is 23.9 Å². The second-order valence-electron chi connectivity index (χ2n) is 9.02. The molecule has 0 aromatic carbocycles. The molecule has 1 aliphatic rings. The largest absolute Gasteiger partial charge is 0.481 e. The van der Waals surface area contributed by atoms with Gasteiger partial charge in [-0.1, -0.05) is 117 Å². The van der Waals surface area contributed by atoms with Gasteiger partial charge >= 0.3 is 23.9 Å². The van der Waals surface area contributed by atoms with Crippen molar-refractivity contribution in [1.29, 1.82) is 0 Å². The second kappa shape index (κ2) is 28.1. The minimum atomic E-state index is -0.659. The number of cyclic esters (lactones) is 2. The lowest BCUT2D eigenvalue weighted by Crippen LogP contribution is -1.96. The van der Waals surface area contributed by atoms with Gasteiger partial charge < -0.3 is 14.9 Å². The number of rotatable bonds is 20. The summed E-state index contributed by atoms with van der Waals surface area (Å²) in [6.45, 7) is 4.46. The van der Waals surface area contributed by atoms with Gasteiger partial charge in [0.25, 0.3) is 0 Å². The van der Waals surface area contributed by atoms with Crippen LogP contribution in [-0.4, -0.2) is 34.1 Å². The van der Waals surface area contributed by atoms with Crippen molar-refractivity contribution in [1.82, 2.24) is 0 Å². The fourth-order valence-electron chi connectivity index (χ4n) is 3.48. The van der Waals surface area contributed by atoms with Gasteiger partial charge in [0.05, 0.1) is 0 Å². The lowest BCUT2D eigenvalue weighted by Gasteiger charge is -2.00. The molecule has 0 spiro atoms. The summed E-state index contributed by atoms with van der Waals surface area (Å²) in [6, 6.07) is 0. The number of hydrogen-bond donors (Lipinski definition) is 2. The highest BCUT2D eigenvalue weighted by Crippen LogP contribution is 2.11. The molecule has 204 valence electrons. The van der Waals surface area contributed by atoms with Crippen molar-refractivity contribution >= 4 is 23.9 Å². The molecule has 0 fully saturated rings. The summed E-state index contributed by atoms with van der Waals surface area (Å²) in [7, 11) is 0. The summed E-state index contributed by atoms with van der Waals surface area (Å²) in [6.07, 6.45) is 25.1. The lowest BCUT2D eigenvalue weighted by molar-refractivity contribution is -0.150. The maximum atomic E-state index is 10.2. The summed E-state index contributed by atoms with van der Waals surface area (Å²) in [5, 5.41) is 16.8. The van der Waals surface area contributed by atoms with Gasteiger partial charge in [-0.25, -0.2) is 9.59 Å². The maximum absolute atomic E-state index is 10.2. The molecular weight excluding hydrogens is 448 g/mol. The number of carboxylic acids is 2. The number of carbonyl (C=O) groups excluding carboxylic acids is 2. The molecule has 0 aliphatic carbocycles. The van der Waals surface area contributed by atoms with Gasteiger partial charge in [-0.05, 0) is 12.8 Å². The first kappa shape index (κ1) is 35.0. The molecule has 0 saturated heterocycles. The molecule has 0 amide bonds. The van der Waals surface area contributed by atoms with Crippen LogP contribution in [0, 0.1) is 0 Å². The standard InChI is InChI=1S/2C12H24O2.C4H2O3/c2*1-2-3-4-5-6-7-8-9-10-11-12(13)14;5-3-1-2-4(6)7-3/h2*2-11H2,1H3,(H,13,14);1-2H. The summed E-state index contributed by atoms with van der Waals surface area (Å²) < 4.78 is 3.97. The van der Waals surface area contributed by atoms with Gasteiger partial charge in [-0.15, -0.1) is 0 Å². The maximum Gasteiger partial charge on any atom is 0.338 e. The monoisotopic (exact) mass is 498 g/mol. The van der Waals surface area contributed by atoms with Crippen LogP contribution >= 0.6 is 0 Å². The van der Waals surface area contributed by atoms with Crippen LogP contribution in [0.25, 0.3) is 0 Å². The van der Waals surface area contributed by atoms with Crippen molar-refractivity contribution in [3.05, 3.63) is 12.2 Å². The van der Waals surface area contributed by atoms with Crippen LogP contribution in [0.4, 0.5) is 0 Å². The number of carbonyl (C=O) groups is 4. The van der Waals surface area contributed by atoms with Crippen LogP contribution in [0.1, 0.15) is 142 Å². The first-order valence-corrected chi connectivity index (χ1v) is 13.7. The lowest BCUT2D eigenvalue weighted by atomic mass is 10.1. The van der Waals surface area contributed by atoms with E-state index in [9.17, 15) is 19.2 Å². The van der Waals surface area contributed by atoms with Gasteiger partial charge in [0.1, 0.15) is 0 Å². The van der Waals surface area contributed by atoms with Gasteiger partial charge in [-0.2, -0.15) is 0 Å². The van der Waals surface area contributed by atoms with Gasteiger partial charge in [0.2, 0.25) is 0 Å². The Hall–Kier alpha value is -2.18. The predicted molar refractivity (Wildman–Crippen MR) is 139 cm³/mol. The van der Waals surface area contributed by atoms with Crippen molar-refractivity contribution in [3.63, 3.8) is 0 Å². The molecule has 0 aromatic rings. The Labute approximate surface area is 212 Å². The Bertz CT molecular complexity index is 522. The molecule has 0 radical (unpaired) electrons. The van der Waals surface area contributed by atoms with E-state index >= 15 is 0 Å². The quantitative estimate of drug-likeness (QED) is 0.101. The Morgan fingerprint density at radius 1 is 0.543 bits per heavy atom. The third-order valence-electron chi connectivity index (χ3n) is 5.55. The van der Waals surface area contributed by atoms with Crippen molar-refractivity contribution < 1.29 is 34.1 Å². The van der Waals surface area contributed by atoms with Crippen LogP contribution in [0.3, 0.4) is 0 Å². The van der Waals surface area contributed by atoms with Crippen LogP contribution in [0.5, 0.6) is 0 Å². The minimum absolute atomic E-state index is 0.343. The zero-order valence-electron chi connectivity index (χ0n) is 22.2. The number of esters is 2. The first-order chi connectivity index (χ1) is 16.8. The minimum Gasteiger partial charge on any atom is -0.481 e. The fourth-order valence-corrected chi connectivity index (χ4v) is 3.48. The zero-order chi connectivity index (χ0) is 26.6. The van der Waals surface area contributed by atoms with E-state index in [1.165, 1.54) is 89.9 Å². The Morgan fingerprint density at radius 2 is 0.800 bits per heavy atom. The smallest absolute Gasteiger partial charge is 0.338 e. The highest BCUT2D eigenvalue weighted by atomic mass is 16.6. The molecule has 7 nitrogen and oxygen atoms in total. The number of unbranched alkanes of at least 4 members (excludes halogenated alkanes) is 16. The number of aliphatic carboxylic acids is 2. The molecular formula is C28H50O7. The van der Waals surface area contributed by atoms with Crippen molar-refractivity contribution in [2.75, 3.05) is 0 Å². The molecule has 0 aromatic heterocycles. The van der Waals surface area contributed by atoms with E-state index in [-0.39, 0.29) is 0 Å². The Balaban J connectivity index is 0. The Kier molecular flexibility index (Phi) is 28.0. The highest BCUT2D eigenvalue weighted by molar-refractivity contribution is 6.04. The molecule has 0 saturated carbocycles. The van der Waals surface area contributed by atoms with Crippen LogP contribution < -0.4 is 0 Å². The predicted octanol–water partition coefficient (Wildman–Crippen LogP) is 7.61. The number of ether oxygens (including phenoxy) is 1. The topological polar surface area (TPSA) is 118 Å². The number of hydrogen-bond acceptors (Lipinski definition) is 5. The SMILES string of the molecule is CCCCCCCCCCCC(=O)O.CCCCCCCCCCCC(=O)O.O=C1C=CC(=O)O1. The first-order valence-electron chi connectivity index (χ1n) is 13.7. The van der Waals surface area contributed by atoms with E-state index in [4.69, 9.17) is 10.2 Å². The van der Waals surface area contributed by atoms with E-state index in [1.54, 1.807) is 0 Å². The van der Waals surface area contributed by atoms with Crippen LogP contribution in [-0.2, 0) is 23.9 Å². The van der Waals surface area contributed by atoms with Gasteiger partial charge in [0.15, 0.2) is 0 Å². The summed E-state index contributed by atoms with van der Waals surface area (Å²) in [5.74, 6) is -2.48. The Morgan fingerprint density at radius 3 is 1.00 bits per heavy atom. The van der Waals surface area contributed by atoms with E-state index in [0.717, 1.165) is 37.8 Å². The number of carboxylic acid groups (broad SMARTS) is 2. The van der Waals surface area contributed by atoms with E-state index in [1.807, 2.05) is 0 Å². The molecule has 1 aliphatic heterocycles. The summed E-state index contributed by atoms with van der Waals surface area (Å²) in [5.41, 5.74) is 0. The molecule has 0 atom stereocenters. The molecule has 35 heavy (non-hydrogen) atoms. The van der Waals surface area contributed by atoms with Crippen LogP contribution in [0.2, 0.25) is 0 Å². The molecule has 1 heterocycles. The van der Waals surface area contributed by atoms with Gasteiger partial charge in [0, 0.05) is 25.0 Å². The van der Waals surface area contributed by atoms with Gasteiger partial charge in [-0.3, -0.25) is 9.59 Å². The van der Waals surface area contributed by atoms with E-state index in [2.05, 4.69) is 18.6 Å². The van der Waals surface area contributed by atoms with Crippen molar-refractivity contribution in [2.45, 2.75) is 142 Å². The van der Waals surface area contributed by atoms with Crippen molar-refractivity contribution in [3.8, 4) is 0 Å². The van der Waals surface area contributed by atoms with Crippen molar-refractivity contribution in [2.24, 2.45) is 0 Å². The average Bonchev–Trinajstić information content (AvgIpc) is 3.19. The van der Waals surface area contributed by atoms with Crippen LogP contribution in [0.15, 0.2) is 12.2 Å². The third kappa shape index (κ3) is 34.1. The zero-order valence-corrected chi connectivity index (χ0v) is 22.2. The molecule has 0 unspecified atom stereocenters. The summed E-state index contributed by atoms with van der Waals surface area (Å²) >= 11 is 0. The second-order valence-corrected chi connectivity index (χ2v) is 9.02. The molecule has 0 bridgehead atoms. The highest BCUT2D eigenvalue weighted by Gasteiger charge is 2.10. The molecule has 7 heteroatoms. The average molecular weight is 499 g/mol. The normalized spacial score (nSPS) is 11.8. The fraction of sp³-hybridized carbons (Fsp3) is 0.786. The molecule has 2 N–H and O–H groups in total. The van der Waals surface area contributed by atoms with E-state index in [0.29, 0.717) is 12.8 Å².